The second-order valence-electron chi connectivity index (χ2n) is 3.22. The Bertz CT molecular complexity index is 275. The lowest BCUT2D eigenvalue weighted by Gasteiger charge is -2.14. The first-order valence-corrected chi connectivity index (χ1v) is 5.40. The van der Waals surface area contributed by atoms with Crippen molar-refractivity contribution >= 4 is 22.8 Å². The highest BCUT2D eigenvalue weighted by atomic mass is 32.2. The van der Waals surface area contributed by atoms with Gasteiger partial charge in [-0.3, -0.25) is 14.7 Å². The van der Waals surface area contributed by atoms with Crippen LogP contribution in [0, 0.1) is 5.92 Å². The lowest BCUT2D eigenvalue weighted by molar-refractivity contribution is -0.124. The van der Waals surface area contributed by atoms with E-state index < -0.39 is 0 Å². The third-order valence-electron chi connectivity index (χ3n) is 2.29. The van der Waals surface area contributed by atoms with Gasteiger partial charge in [-0.25, -0.2) is 0 Å². The van der Waals surface area contributed by atoms with Crippen molar-refractivity contribution in [1.29, 1.82) is 0 Å². The number of thioether (sulfide) groups is 1. The Morgan fingerprint density at radius 1 is 1.69 bits per heavy atom. The first kappa shape index (κ1) is 8.81. The quantitative estimate of drug-likeness (QED) is 0.589. The minimum Gasteiger partial charge on any atom is -0.291 e. The summed E-state index contributed by atoms with van der Waals surface area (Å²) in [5.74, 6) is 1.52. The number of carbonyl (C=O) groups excluding carboxylic acids is 1. The Labute approximate surface area is 81.9 Å². The molecule has 0 saturated carbocycles. The number of likely N-dealkylation sites (tertiary alicyclic amines) is 1. The highest BCUT2D eigenvalue weighted by Gasteiger charge is 2.31. The number of amides is 1. The summed E-state index contributed by atoms with van der Waals surface area (Å²) >= 11 is 1.68. The molecule has 0 aliphatic carbocycles. The van der Waals surface area contributed by atoms with E-state index in [2.05, 4.69) is 11.6 Å². The van der Waals surface area contributed by atoms with Gasteiger partial charge in [0.25, 0.3) is 0 Å². The fraction of sp³-hybridized carbons (Fsp3) is 0.556. The summed E-state index contributed by atoms with van der Waals surface area (Å²) in [7, 11) is 0. The summed E-state index contributed by atoms with van der Waals surface area (Å²) in [6.45, 7) is 5.33. The highest BCUT2D eigenvalue weighted by Crippen LogP contribution is 2.24. The molecule has 0 N–H and O–H groups in total. The predicted octanol–water partition coefficient (Wildman–Crippen LogP) is 1.12. The molecule has 1 fully saturated rings. The van der Waals surface area contributed by atoms with Gasteiger partial charge in [-0.15, -0.1) is 6.58 Å². The van der Waals surface area contributed by atoms with Crippen LogP contribution >= 0.6 is 11.8 Å². The summed E-state index contributed by atoms with van der Waals surface area (Å²) in [5, 5.41) is 0.911. The van der Waals surface area contributed by atoms with Crippen LogP contribution in [0.15, 0.2) is 17.6 Å². The predicted molar refractivity (Wildman–Crippen MR) is 54.8 cm³/mol. The third kappa shape index (κ3) is 1.63. The molecule has 1 atom stereocenters. The number of hydrogen-bond donors (Lipinski definition) is 0. The maximum absolute atomic E-state index is 11.5. The van der Waals surface area contributed by atoms with E-state index in [1.165, 1.54) is 0 Å². The molecule has 1 unspecified atom stereocenters. The topological polar surface area (TPSA) is 32.7 Å². The zero-order valence-corrected chi connectivity index (χ0v) is 8.22. The van der Waals surface area contributed by atoms with Gasteiger partial charge in [-0.2, -0.15) is 0 Å². The number of aliphatic imine (C=N–C) groups is 1. The fourth-order valence-corrected chi connectivity index (χ4v) is 2.45. The Kier molecular flexibility index (Phi) is 2.40. The molecule has 0 radical (unpaired) electrons. The van der Waals surface area contributed by atoms with Crippen molar-refractivity contribution in [2.24, 2.45) is 10.9 Å². The molecule has 1 saturated heterocycles. The molecule has 0 aromatic rings. The normalized spacial score (nSPS) is 28.0. The van der Waals surface area contributed by atoms with Crippen LogP contribution in [0.25, 0.3) is 0 Å². The highest BCUT2D eigenvalue weighted by molar-refractivity contribution is 8.14. The first-order chi connectivity index (χ1) is 6.31. The first-order valence-electron chi connectivity index (χ1n) is 4.41. The van der Waals surface area contributed by atoms with Crippen LogP contribution in [-0.4, -0.2) is 34.8 Å². The molecular weight excluding hydrogens is 184 g/mol. The number of carbonyl (C=O) groups is 1. The molecule has 2 aliphatic rings. The van der Waals surface area contributed by atoms with Gasteiger partial charge in [0.1, 0.15) is 0 Å². The Morgan fingerprint density at radius 3 is 3.08 bits per heavy atom. The smallest absolute Gasteiger partial charge is 0.229 e. The monoisotopic (exact) mass is 196 g/mol. The Balaban J connectivity index is 2.08. The summed E-state index contributed by atoms with van der Waals surface area (Å²) in [6, 6.07) is 0. The van der Waals surface area contributed by atoms with Crippen LogP contribution in [0.4, 0.5) is 0 Å². The van der Waals surface area contributed by atoms with E-state index in [1.54, 1.807) is 16.7 Å². The number of hydrogen-bond acceptors (Lipinski definition) is 3. The van der Waals surface area contributed by atoms with E-state index >= 15 is 0 Å². The Hall–Kier alpha value is -0.770. The number of amidine groups is 1. The van der Waals surface area contributed by atoms with Crippen molar-refractivity contribution in [3.63, 3.8) is 0 Å². The summed E-state index contributed by atoms with van der Waals surface area (Å²) in [5.41, 5.74) is 0. The van der Waals surface area contributed by atoms with Crippen LogP contribution in [-0.2, 0) is 4.79 Å². The van der Waals surface area contributed by atoms with Gasteiger partial charge < -0.3 is 0 Å². The van der Waals surface area contributed by atoms with Crippen LogP contribution in [0.2, 0.25) is 0 Å². The lowest BCUT2D eigenvalue weighted by atomic mass is 10.1. The number of nitrogens with zero attached hydrogens (tertiary/aromatic N) is 2. The maximum Gasteiger partial charge on any atom is 0.229 e. The molecule has 0 bridgehead atoms. The average molecular weight is 196 g/mol. The van der Waals surface area contributed by atoms with Crippen molar-refractivity contribution in [3.05, 3.63) is 12.7 Å². The van der Waals surface area contributed by atoms with Crippen molar-refractivity contribution in [2.45, 2.75) is 6.42 Å². The van der Waals surface area contributed by atoms with Crippen molar-refractivity contribution < 1.29 is 4.79 Å². The molecule has 70 valence electrons. The van der Waals surface area contributed by atoms with Crippen LogP contribution < -0.4 is 0 Å². The lowest BCUT2D eigenvalue weighted by Crippen LogP contribution is -2.29. The van der Waals surface area contributed by atoms with Crippen LogP contribution in [0.3, 0.4) is 0 Å². The van der Waals surface area contributed by atoms with Gasteiger partial charge in [-0.05, 0) is 0 Å². The zero-order chi connectivity index (χ0) is 9.26. The molecule has 0 aromatic heterocycles. The third-order valence-corrected chi connectivity index (χ3v) is 3.28. The van der Waals surface area contributed by atoms with Gasteiger partial charge in [0, 0.05) is 24.6 Å². The van der Waals surface area contributed by atoms with E-state index in [0.29, 0.717) is 12.3 Å². The van der Waals surface area contributed by atoms with E-state index in [9.17, 15) is 4.79 Å². The minimum absolute atomic E-state index is 0.193. The fourth-order valence-electron chi connectivity index (χ4n) is 1.57. The summed E-state index contributed by atoms with van der Waals surface area (Å²) in [6.07, 6.45) is 2.46. The molecule has 2 rings (SSSR count). The van der Waals surface area contributed by atoms with E-state index in [4.69, 9.17) is 0 Å². The molecule has 1 amide bonds. The van der Waals surface area contributed by atoms with Gasteiger partial charge in [0.05, 0.1) is 6.54 Å². The number of rotatable bonds is 1. The van der Waals surface area contributed by atoms with E-state index in [1.807, 2.05) is 6.08 Å². The van der Waals surface area contributed by atoms with Gasteiger partial charge in [0.15, 0.2) is 5.17 Å². The summed E-state index contributed by atoms with van der Waals surface area (Å²) in [4.78, 5) is 17.6. The largest absolute Gasteiger partial charge is 0.291 e. The molecular formula is C9H12N2OS. The van der Waals surface area contributed by atoms with Crippen LogP contribution in [0.5, 0.6) is 0 Å². The van der Waals surface area contributed by atoms with Gasteiger partial charge >= 0.3 is 0 Å². The maximum atomic E-state index is 11.5. The molecule has 2 aliphatic heterocycles. The molecule has 13 heavy (non-hydrogen) atoms. The molecule has 4 heteroatoms. The SMILES string of the molecule is C=CC1CC(=O)N(C2=NCCS2)C1. The van der Waals surface area contributed by atoms with Gasteiger partial charge in [-0.1, -0.05) is 17.8 Å². The molecule has 0 spiro atoms. The molecule has 0 aromatic carbocycles. The second kappa shape index (κ2) is 3.54. The van der Waals surface area contributed by atoms with E-state index in [0.717, 1.165) is 24.0 Å². The Morgan fingerprint density at radius 2 is 2.54 bits per heavy atom. The second-order valence-corrected chi connectivity index (χ2v) is 4.28. The molecule has 2 heterocycles. The van der Waals surface area contributed by atoms with Crippen molar-refractivity contribution in [1.82, 2.24) is 4.90 Å². The van der Waals surface area contributed by atoms with Crippen LogP contribution in [0.1, 0.15) is 6.42 Å². The summed E-state index contributed by atoms with van der Waals surface area (Å²) < 4.78 is 0. The standard InChI is InChI=1S/C9H12N2OS/c1-2-7-5-8(12)11(6-7)9-10-3-4-13-9/h2,7H,1,3-6H2. The van der Waals surface area contributed by atoms with Gasteiger partial charge in [0.2, 0.25) is 5.91 Å². The van der Waals surface area contributed by atoms with E-state index in [-0.39, 0.29) is 5.91 Å². The average Bonchev–Trinajstić information content (AvgIpc) is 2.72. The van der Waals surface area contributed by atoms with Crippen molar-refractivity contribution in [3.8, 4) is 0 Å². The molecule has 3 nitrogen and oxygen atoms in total. The zero-order valence-electron chi connectivity index (χ0n) is 7.40. The van der Waals surface area contributed by atoms with Crippen molar-refractivity contribution in [2.75, 3.05) is 18.8 Å². The minimum atomic E-state index is 0.193.